The maximum atomic E-state index is 5.72. The summed E-state index contributed by atoms with van der Waals surface area (Å²) >= 11 is 0. The van der Waals surface area contributed by atoms with Gasteiger partial charge in [-0.15, -0.1) is 0 Å². The summed E-state index contributed by atoms with van der Waals surface area (Å²) in [5.74, 6) is 0. The summed E-state index contributed by atoms with van der Waals surface area (Å²) in [6.07, 6.45) is 8.48. The van der Waals surface area contributed by atoms with E-state index in [9.17, 15) is 0 Å². The summed E-state index contributed by atoms with van der Waals surface area (Å²) in [6, 6.07) is 16.1. The van der Waals surface area contributed by atoms with Crippen LogP contribution in [0, 0.1) is 0 Å². The van der Waals surface area contributed by atoms with E-state index in [1.165, 1.54) is 42.6 Å². The number of rotatable bonds is 12. The van der Waals surface area contributed by atoms with Gasteiger partial charge in [0.05, 0.1) is 14.7 Å². The Morgan fingerprint density at radius 1 is 0.909 bits per heavy atom. The van der Waals surface area contributed by atoms with Crippen LogP contribution < -0.4 is 0 Å². The van der Waals surface area contributed by atoms with Crippen LogP contribution in [0.5, 0.6) is 0 Å². The maximum Gasteiger partial charge on any atom is 0.0716 e. The standard InChI is InChI=1S/C20H34OSi/c1-4-22(5-2,6-3)18-14-9-7-8-13-17-21-19-20-15-11-10-12-16-20/h9-12,14-16H,4-8,13,17-19H2,1-3H3/b14-9+. The van der Waals surface area contributed by atoms with Gasteiger partial charge >= 0.3 is 0 Å². The second kappa shape index (κ2) is 11.7. The molecule has 1 aromatic carbocycles. The third-order valence-corrected chi connectivity index (χ3v) is 10.6. The van der Waals surface area contributed by atoms with Gasteiger partial charge in [-0.05, 0) is 30.9 Å². The normalized spacial score (nSPS) is 12.1. The third-order valence-electron chi connectivity index (χ3n) is 4.99. The molecule has 0 aliphatic rings. The molecule has 0 atom stereocenters. The van der Waals surface area contributed by atoms with Crippen LogP contribution in [0.2, 0.25) is 24.2 Å². The molecule has 0 amide bonds. The number of hydrogen-bond acceptors (Lipinski definition) is 1. The van der Waals surface area contributed by atoms with Gasteiger partial charge in [0.15, 0.2) is 0 Å². The molecule has 124 valence electrons. The minimum absolute atomic E-state index is 0.744. The maximum absolute atomic E-state index is 5.72. The molecule has 0 aromatic heterocycles. The largest absolute Gasteiger partial charge is 0.377 e. The fourth-order valence-corrected chi connectivity index (χ4v) is 5.90. The monoisotopic (exact) mass is 318 g/mol. The van der Waals surface area contributed by atoms with Crippen molar-refractivity contribution in [1.29, 1.82) is 0 Å². The van der Waals surface area contributed by atoms with Crippen molar-refractivity contribution in [2.75, 3.05) is 6.61 Å². The Morgan fingerprint density at radius 3 is 2.23 bits per heavy atom. The first-order valence-electron chi connectivity index (χ1n) is 9.03. The Labute approximate surface area is 138 Å². The summed E-state index contributed by atoms with van der Waals surface area (Å²) in [5, 5.41) is 0. The molecule has 0 fully saturated rings. The van der Waals surface area contributed by atoms with Crippen LogP contribution in [0.3, 0.4) is 0 Å². The fourth-order valence-electron chi connectivity index (χ4n) is 2.86. The molecule has 0 spiro atoms. The van der Waals surface area contributed by atoms with Crippen LogP contribution in [0.25, 0.3) is 0 Å². The highest BCUT2D eigenvalue weighted by Crippen LogP contribution is 2.25. The topological polar surface area (TPSA) is 9.23 Å². The molecule has 0 unspecified atom stereocenters. The minimum Gasteiger partial charge on any atom is -0.377 e. The molecule has 22 heavy (non-hydrogen) atoms. The van der Waals surface area contributed by atoms with Gasteiger partial charge in [-0.3, -0.25) is 0 Å². The zero-order valence-electron chi connectivity index (χ0n) is 14.8. The van der Waals surface area contributed by atoms with Crippen molar-refractivity contribution in [3.8, 4) is 0 Å². The summed E-state index contributed by atoms with van der Waals surface area (Å²) in [4.78, 5) is 0. The van der Waals surface area contributed by atoms with E-state index in [0.717, 1.165) is 19.6 Å². The molecule has 0 saturated heterocycles. The molecule has 0 aliphatic heterocycles. The minimum atomic E-state index is -0.948. The molecule has 1 nitrogen and oxygen atoms in total. The van der Waals surface area contributed by atoms with Crippen molar-refractivity contribution in [1.82, 2.24) is 0 Å². The Balaban J connectivity index is 2.04. The van der Waals surface area contributed by atoms with Crippen molar-refractivity contribution < 1.29 is 4.74 Å². The highest BCUT2D eigenvalue weighted by molar-refractivity contribution is 6.80. The van der Waals surface area contributed by atoms with Gasteiger partial charge in [0.2, 0.25) is 0 Å². The number of unbranched alkanes of at least 4 members (excludes halogenated alkanes) is 2. The quantitative estimate of drug-likeness (QED) is 0.245. The van der Waals surface area contributed by atoms with Crippen LogP contribution in [0.4, 0.5) is 0 Å². The van der Waals surface area contributed by atoms with Crippen LogP contribution in [0.1, 0.15) is 45.6 Å². The molecular weight excluding hydrogens is 284 g/mol. The molecule has 0 heterocycles. The molecule has 0 N–H and O–H groups in total. The average Bonchev–Trinajstić information content (AvgIpc) is 2.58. The molecule has 0 aliphatic carbocycles. The summed E-state index contributed by atoms with van der Waals surface area (Å²) < 4.78 is 5.72. The summed E-state index contributed by atoms with van der Waals surface area (Å²) in [7, 11) is -0.948. The predicted octanol–water partition coefficient (Wildman–Crippen LogP) is 6.44. The second-order valence-electron chi connectivity index (χ2n) is 6.27. The van der Waals surface area contributed by atoms with Crippen molar-refractivity contribution >= 4 is 8.07 Å². The van der Waals surface area contributed by atoms with Gasteiger partial charge in [-0.25, -0.2) is 0 Å². The van der Waals surface area contributed by atoms with Gasteiger partial charge < -0.3 is 4.74 Å². The van der Waals surface area contributed by atoms with Gasteiger partial charge in [0.1, 0.15) is 0 Å². The third kappa shape index (κ3) is 7.41. The van der Waals surface area contributed by atoms with E-state index < -0.39 is 8.07 Å². The number of hydrogen-bond donors (Lipinski definition) is 0. The van der Waals surface area contributed by atoms with E-state index >= 15 is 0 Å². The molecule has 0 saturated carbocycles. The molecule has 2 heteroatoms. The van der Waals surface area contributed by atoms with E-state index in [-0.39, 0.29) is 0 Å². The summed E-state index contributed by atoms with van der Waals surface area (Å²) in [6.45, 7) is 8.78. The summed E-state index contributed by atoms with van der Waals surface area (Å²) in [5.41, 5.74) is 1.27. The van der Waals surface area contributed by atoms with Crippen LogP contribution in [-0.2, 0) is 11.3 Å². The molecule has 1 aromatic rings. The Hall–Kier alpha value is -0.863. The lowest BCUT2D eigenvalue weighted by Gasteiger charge is -2.26. The van der Waals surface area contributed by atoms with Crippen LogP contribution >= 0.6 is 0 Å². The fraction of sp³-hybridized carbons (Fsp3) is 0.600. The Morgan fingerprint density at radius 2 is 1.59 bits per heavy atom. The van der Waals surface area contributed by atoms with Gasteiger partial charge in [0, 0.05) is 6.61 Å². The van der Waals surface area contributed by atoms with Crippen molar-refractivity contribution in [2.24, 2.45) is 0 Å². The lowest BCUT2D eigenvalue weighted by atomic mass is 10.2. The average molecular weight is 319 g/mol. The first kappa shape index (κ1) is 19.2. The zero-order chi connectivity index (χ0) is 16.1. The number of benzene rings is 1. The Bertz CT molecular complexity index is 387. The molecule has 0 bridgehead atoms. The first-order valence-corrected chi connectivity index (χ1v) is 11.9. The van der Waals surface area contributed by atoms with E-state index in [1.807, 2.05) is 6.07 Å². The SMILES string of the molecule is CC[Si](CC)(CC)C/C=C/CCCCOCc1ccccc1. The van der Waals surface area contributed by atoms with Gasteiger partial charge in [-0.1, -0.05) is 81.4 Å². The highest BCUT2D eigenvalue weighted by atomic mass is 28.3. The Kier molecular flexibility index (Phi) is 10.2. The molecule has 1 rings (SSSR count). The second-order valence-corrected chi connectivity index (χ2v) is 11.8. The lowest BCUT2D eigenvalue weighted by Crippen LogP contribution is -2.29. The highest BCUT2D eigenvalue weighted by Gasteiger charge is 2.24. The number of ether oxygens (including phenoxy) is 1. The van der Waals surface area contributed by atoms with Crippen molar-refractivity contribution in [3.05, 3.63) is 48.0 Å². The van der Waals surface area contributed by atoms with E-state index in [1.54, 1.807) is 0 Å². The number of allylic oxidation sites excluding steroid dienone is 2. The molecule has 0 radical (unpaired) electrons. The lowest BCUT2D eigenvalue weighted by molar-refractivity contribution is 0.117. The smallest absolute Gasteiger partial charge is 0.0716 e. The zero-order valence-corrected chi connectivity index (χ0v) is 15.8. The van der Waals surface area contributed by atoms with E-state index in [2.05, 4.69) is 57.2 Å². The van der Waals surface area contributed by atoms with Gasteiger partial charge in [-0.2, -0.15) is 0 Å². The predicted molar refractivity (Wildman–Crippen MR) is 101 cm³/mol. The van der Waals surface area contributed by atoms with Crippen molar-refractivity contribution in [2.45, 2.75) is 70.8 Å². The van der Waals surface area contributed by atoms with Crippen molar-refractivity contribution in [3.63, 3.8) is 0 Å². The van der Waals surface area contributed by atoms with E-state index in [0.29, 0.717) is 0 Å². The molecular formula is C20H34OSi. The van der Waals surface area contributed by atoms with Crippen LogP contribution in [-0.4, -0.2) is 14.7 Å². The van der Waals surface area contributed by atoms with E-state index in [4.69, 9.17) is 4.74 Å². The van der Waals surface area contributed by atoms with Crippen LogP contribution in [0.15, 0.2) is 42.5 Å². The first-order chi connectivity index (χ1) is 10.8. The van der Waals surface area contributed by atoms with Gasteiger partial charge in [0.25, 0.3) is 0 Å².